The summed E-state index contributed by atoms with van der Waals surface area (Å²) >= 11 is 3.15. The number of carbonyl (C=O) groups excluding carboxylic acids is 1. The first-order valence-electron chi connectivity index (χ1n) is 9.47. The van der Waals surface area contributed by atoms with Crippen LogP contribution in [0.5, 0.6) is 0 Å². The molecule has 1 saturated carbocycles. The number of amides is 1. The lowest BCUT2D eigenvalue weighted by Gasteiger charge is -2.24. The second kappa shape index (κ2) is 8.40. The van der Waals surface area contributed by atoms with Gasteiger partial charge < -0.3 is 5.32 Å². The van der Waals surface area contributed by atoms with E-state index in [0.717, 1.165) is 39.2 Å². The molecule has 0 spiro atoms. The number of fused-ring (bicyclic) bond motifs is 1. The van der Waals surface area contributed by atoms with Crippen molar-refractivity contribution in [2.45, 2.75) is 55.3 Å². The Kier molecular flexibility index (Phi) is 5.74. The second-order valence-electron chi connectivity index (χ2n) is 6.98. The van der Waals surface area contributed by atoms with Gasteiger partial charge in [-0.2, -0.15) is 0 Å². The van der Waals surface area contributed by atoms with E-state index in [2.05, 4.69) is 32.8 Å². The molecule has 0 bridgehead atoms. The third-order valence-corrected chi connectivity index (χ3v) is 7.02. The number of benzene rings is 1. The molecule has 1 atom stereocenters. The normalized spacial score (nSPS) is 16.3. The van der Waals surface area contributed by atoms with Crippen molar-refractivity contribution in [1.29, 1.82) is 0 Å². The van der Waals surface area contributed by atoms with Gasteiger partial charge in [0.1, 0.15) is 16.2 Å². The average Bonchev–Trinajstić information content (AvgIpc) is 3.14. The van der Waals surface area contributed by atoms with Crippen molar-refractivity contribution in [3.05, 3.63) is 42.0 Å². The van der Waals surface area contributed by atoms with Gasteiger partial charge in [0.2, 0.25) is 5.91 Å². The van der Waals surface area contributed by atoms with E-state index in [-0.39, 0.29) is 11.2 Å². The zero-order valence-corrected chi connectivity index (χ0v) is 17.0. The number of rotatable bonds is 5. The van der Waals surface area contributed by atoms with Gasteiger partial charge in [0.15, 0.2) is 0 Å². The molecule has 4 nitrogen and oxygen atoms in total. The van der Waals surface area contributed by atoms with Crippen molar-refractivity contribution in [2.24, 2.45) is 0 Å². The minimum Gasteiger partial charge on any atom is -0.352 e. The summed E-state index contributed by atoms with van der Waals surface area (Å²) in [5.74, 6) is 0.107. The molecular weight excluding hydrogens is 374 g/mol. The molecule has 2 heterocycles. The van der Waals surface area contributed by atoms with Gasteiger partial charge in [-0.05, 0) is 25.3 Å². The quantitative estimate of drug-likeness (QED) is 0.470. The van der Waals surface area contributed by atoms with Crippen LogP contribution in [-0.4, -0.2) is 27.2 Å². The van der Waals surface area contributed by atoms with E-state index in [0.29, 0.717) is 6.04 Å². The van der Waals surface area contributed by atoms with Gasteiger partial charge in [-0.15, -0.1) is 11.3 Å². The molecule has 6 heteroatoms. The Bertz CT molecular complexity index is 920. The highest BCUT2D eigenvalue weighted by molar-refractivity contribution is 8.00. The van der Waals surface area contributed by atoms with Gasteiger partial charge in [0.25, 0.3) is 0 Å². The molecule has 4 rings (SSSR count). The zero-order valence-electron chi connectivity index (χ0n) is 15.4. The number of nitrogens with one attached hydrogen (secondary N) is 1. The number of thioether (sulfide) groups is 1. The first kappa shape index (κ1) is 18.4. The Balaban J connectivity index is 1.56. The second-order valence-corrected chi connectivity index (χ2v) is 9.17. The van der Waals surface area contributed by atoms with E-state index in [4.69, 9.17) is 0 Å². The predicted octanol–water partition coefficient (Wildman–Crippen LogP) is 5.29. The van der Waals surface area contributed by atoms with Crippen molar-refractivity contribution in [3.8, 4) is 11.1 Å². The van der Waals surface area contributed by atoms with E-state index >= 15 is 0 Å². The van der Waals surface area contributed by atoms with Crippen LogP contribution in [0.3, 0.4) is 0 Å². The lowest BCUT2D eigenvalue weighted by atomic mass is 9.95. The molecule has 0 saturated heterocycles. The molecule has 1 amide bonds. The van der Waals surface area contributed by atoms with Crippen LogP contribution in [0, 0.1) is 0 Å². The Hall–Kier alpha value is -1.92. The molecule has 0 aliphatic heterocycles. The summed E-state index contributed by atoms with van der Waals surface area (Å²) in [6.07, 6.45) is 7.52. The van der Waals surface area contributed by atoms with E-state index in [1.165, 1.54) is 31.0 Å². The van der Waals surface area contributed by atoms with Crippen molar-refractivity contribution in [1.82, 2.24) is 15.3 Å². The van der Waals surface area contributed by atoms with Crippen LogP contribution >= 0.6 is 23.1 Å². The molecule has 1 aliphatic rings. The van der Waals surface area contributed by atoms with Crippen molar-refractivity contribution in [2.75, 3.05) is 0 Å². The molecule has 3 aromatic rings. The first-order chi connectivity index (χ1) is 13.2. The van der Waals surface area contributed by atoms with E-state index < -0.39 is 0 Å². The third kappa shape index (κ3) is 4.17. The summed E-state index contributed by atoms with van der Waals surface area (Å²) in [5, 5.41) is 7.10. The molecule has 2 aromatic heterocycles. The minimum absolute atomic E-state index is 0.107. The monoisotopic (exact) mass is 397 g/mol. The predicted molar refractivity (Wildman–Crippen MR) is 113 cm³/mol. The number of aromatic nitrogens is 2. The first-order valence-corrected chi connectivity index (χ1v) is 11.2. The molecule has 1 fully saturated rings. The fourth-order valence-electron chi connectivity index (χ4n) is 3.55. The smallest absolute Gasteiger partial charge is 0.233 e. The fraction of sp³-hybridized carbons (Fsp3) is 0.381. The summed E-state index contributed by atoms with van der Waals surface area (Å²) < 4.78 is 0. The summed E-state index contributed by atoms with van der Waals surface area (Å²) in [7, 11) is 0. The molecule has 27 heavy (non-hydrogen) atoms. The number of carbonyl (C=O) groups is 1. The number of hydrogen-bond donors (Lipinski definition) is 1. The van der Waals surface area contributed by atoms with Crippen LogP contribution in [-0.2, 0) is 4.79 Å². The zero-order chi connectivity index (χ0) is 18.6. The average molecular weight is 398 g/mol. The third-order valence-electron chi connectivity index (χ3n) is 5.03. The largest absolute Gasteiger partial charge is 0.352 e. The van der Waals surface area contributed by atoms with Crippen molar-refractivity contribution < 1.29 is 4.79 Å². The molecule has 1 aromatic carbocycles. The van der Waals surface area contributed by atoms with Crippen LogP contribution in [0.4, 0.5) is 0 Å². The SMILES string of the molecule is CC(Sc1ncnc2scc(-c3ccccc3)c12)C(=O)NC1CCCCC1. The Morgan fingerprint density at radius 1 is 1.19 bits per heavy atom. The summed E-state index contributed by atoms with van der Waals surface area (Å²) in [5.41, 5.74) is 2.29. The summed E-state index contributed by atoms with van der Waals surface area (Å²) in [4.78, 5) is 22.6. The Morgan fingerprint density at radius 2 is 1.96 bits per heavy atom. The van der Waals surface area contributed by atoms with E-state index in [1.54, 1.807) is 17.7 Å². The van der Waals surface area contributed by atoms with Crippen LogP contribution in [0.15, 0.2) is 47.1 Å². The van der Waals surface area contributed by atoms with Gasteiger partial charge >= 0.3 is 0 Å². The van der Waals surface area contributed by atoms with Crippen LogP contribution in [0.2, 0.25) is 0 Å². The highest BCUT2D eigenvalue weighted by Crippen LogP contribution is 2.38. The fourth-order valence-corrected chi connectivity index (χ4v) is 5.48. The van der Waals surface area contributed by atoms with Gasteiger partial charge in [0.05, 0.1) is 10.6 Å². The summed E-state index contributed by atoms with van der Waals surface area (Å²) in [6, 6.07) is 10.6. The number of hydrogen-bond acceptors (Lipinski definition) is 5. The molecule has 1 N–H and O–H groups in total. The van der Waals surface area contributed by atoms with Gasteiger partial charge in [-0.1, -0.05) is 61.4 Å². The molecular formula is C21H23N3OS2. The highest BCUT2D eigenvalue weighted by atomic mass is 32.2. The van der Waals surface area contributed by atoms with Crippen LogP contribution < -0.4 is 5.32 Å². The van der Waals surface area contributed by atoms with Crippen molar-refractivity contribution in [3.63, 3.8) is 0 Å². The molecule has 1 aliphatic carbocycles. The maximum atomic E-state index is 12.7. The minimum atomic E-state index is -0.187. The highest BCUT2D eigenvalue weighted by Gasteiger charge is 2.22. The van der Waals surface area contributed by atoms with Crippen LogP contribution in [0.1, 0.15) is 39.0 Å². The Labute approximate surface area is 167 Å². The van der Waals surface area contributed by atoms with Crippen LogP contribution in [0.25, 0.3) is 21.3 Å². The maximum Gasteiger partial charge on any atom is 0.233 e. The standard InChI is InChI=1S/C21H23N3OS2/c1-14(19(25)24-16-10-6-3-7-11-16)27-21-18-17(15-8-4-2-5-9-15)12-26-20(18)22-13-23-21/h2,4-5,8-9,12-14,16H,3,6-7,10-11H2,1H3,(H,24,25). The van der Waals surface area contributed by atoms with Gasteiger partial charge in [-0.25, -0.2) is 9.97 Å². The van der Waals surface area contributed by atoms with Gasteiger partial charge in [-0.3, -0.25) is 4.79 Å². The van der Waals surface area contributed by atoms with E-state index in [9.17, 15) is 4.79 Å². The molecule has 0 radical (unpaired) electrons. The lowest BCUT2D eigenvalue weighted by molar-refractivity contribution is -0.121. The van der Waals surface area contributed by atoms with E-state index in [1.807, 2.05) is 25.1 Å². The number of thiophene rings is 1. The molecule has 140 valence electrons. The number of nitrogens with zero attached hydrogens (tertiary/aromatic N) is 2. The maximum absolute atomic E-state index is 12.7. The topological polar surface area (TPSA) is 54.9 Å². The lowest BCUT2D eigenvalue weighted by Crippen LogP contribution is -2.40. The molecule has 1 unspecified atom stereocenters. The summed E-state index contributed by atoms with van der Waals surface area (Å²) in [6.45, 7) is 1.96. The van der Waals surface area contributed by atoms with Gasteiger partial charge in [0, 0.05) is 17.0 Å². The van der Waals surface area contributed by atoms with Crippen molar-refractivity contribution >= 4 is 39.2 Å². The Morgan fingerprint density at radius 3 is 2.74 bits per heavy atom.